The number of nitrogens with zero attached hydrogens (tertiary/aromatic N) is 4. The molecule has 0 unspecified atom stereocenters. The molecule has 0 fully saturated rings. The standard InChI is InChI=1S/C10H14N4O/c1-14(2)4-3-5-15-10-8-12-9(6-11)7-13-10/h7-8H,3-5H2,1-2H3. The second kappa shape index (κ2) is 5.94. The zero-order chi connectivity index (χ0) is 11.1. The van der Waals surface area contributed by atoms with Crippen molar-refractivity contribution in [2.45, 2.75) is 6.42 Å². The molecule has 5 nitrogen and oxygen atoms in total. The summed E-state index contributed by atoms with van der Waals surface area (Å²) in [5.74, 6) is 0.466. The Morgan fingerprint density at radius 3 is 2.73 bits per heavy atom. The van der Waals surface area contributed by atoms with Gasteiger partial charge in [-0.3, -0.25) is 0 Å². The van der Waals surface area contributed by atoms with Gasteiger partial charge in [-0.2, -0.15) is 5.26 Å². The molecule has 1 aromatic rings. The Morgan fingerprint density at radius 1 is 1.40 bits per heavy atom. The Bertz CT molecular complexity index is 328. The first-order valence-electron chi connectivity index (χ1n) is 4.72. The maximum Gasteiger partial charge on any atom is 0.232 e. The highest BCUT2D eigenvalue weighted by atomic mass is 16.5. The average molecular weight is 206 g/mol. The summed E-state index contributed by atoms with van der Waals surface area (Å²) in [5.41, 5.74) is 0.302. The fourth-order valence-electron chi connectivity index (χ4n) is 1.01. The molecule has 0 aliphatic carbocycles. The summed E-state index contributed by atoms with van der Waals surface area (Å²) >= 11 is 0. The van der Waals surface area contributed by atoms with Crippen molar-refractivity contribution >= 4 is 0 Å². The molecule has 0 saturated heterocycles. The van der Waals surface area contributed by atoms with E-state index in [1.165, 1.54) is 12.4 Å². The SMILES string of the molecule is CN(C)CCCOc1cnc(C#N)cn1. The fourth-order valence-corrected chi connectivity index (χ4v) is 1.01. The normalized spacial score (nSPS) is 10.0. The Kier molecular flexibility index (Phi) is 4.51. The van der Waals surface area contributed by atoms with Crippen LogP contribution in [0.15, 0.2) is 12.4 Å². The first-order valence-corrected chi connectivity index (χ1v) is 4.72. The number of rotatable bonds is 5. The van der Waals surface area contributed by atoms with Crippen LogP contribution in [0.2, 0.25) is 0 Å². The van der Waals surface area contributed by atoms with Gasteiger partial charge in [0.25, 0.3) is 0 Å². The maximum atomic E-state index is 8.50. The molecule has 0 bridgehead atoms. The maximum absolute atomic E-state index is 8.50. The van der Waals surface area contributed by atoms with Crippen molar-refractivity contribution in [3.63, 3.8) is 0 Å². The number of hydrogen-bond acceptors (Lipinski definition) is 5. The second-order valence-electron chi connectivity index (χ2n) is 3.36. The quantitative estimate of drug-likeness (QED) is 0.663. The van der Waals surface area contributed by atoms with Gasteiger partial charge >= 0.3 is 0 Å². The van der Waals surface area contributed by atoms with Gasteiger partial charge in [-0.1, -0.05) is 0 Å². The number of nitriles is 1. The summed E-state index contributed by atoms with van der Waals surface area (Å²) in [4.78, 5) is 9.89. The summed E-state index contributed by atoms with van der Waals surface area (Å²) in [6.45, 7) is 1.59. The average Bonchev–Trinajstić information content (AvgIpc) is 2.25. The molecule has 1 heterocycles. The van der Waals surface area contributed by atoms with Crippen molar-refractivity contribution in [1.82, 2.24) is 14.9 Å². The molecular weight excluding hydrogens is 192 g/mol. The van der Waals surface area contributed by atoms with Crippen LogP contribution in [0.25, 0.3) is 0 Å². The van der Waals surface area contributed by atoms with E-state index in [1.807, 2.05) is 20.2 Å². The lowest BCUT2D eigenvalue weighted by Crippen LogP contribution is -2.15. The third kappa shape index (κ3) is 4.38. The third-order valence-electron chi connectivity index (χ3n) is 1.74. The second-order valence-corrected chi connectivity index (χ2v) is 3.36. The van der Waals surface area contributed by atoms with E-state index in [0.717, 1.165) is 13.0 Å². The molecule has 0 aromatic carbocycles. The summed E-state index contributed by atoms with van der Waals surface area (Å²) in [5, 5.41) is 8.50. The molecule has 80 valence electrons. The van der Waals surface area contributed by atoms with Crippen LogP contribution >= 0.6 is 0 Å². The molecule has 0 amide bonds. The molecule has 0 N–H and O–H groups in total. The predicted octanol–water partition coefficient (Wildman–Crippen LogP) is 0.679. The topological polar surface area (TPSA) is 62.0 Å². The lowest BCUT2D eigenvalue weighted by molar-refractivity contribution is 0.272. The highest BCUT2D eigenvalue weighted by Crippen LogP contribution is 2.03. The van der Waals surface area contributed by atoms with Gasteiger partial charge in [0.05, 0.1) is 19.0 Å². The van der Waals surface area contributed by atoms with E-state index in [1.54, 1.807) is 0 Å². The van der Waals surface area contributed by atoms with Crippen molar-refractivity contribution in [2.75, 3.05) is 27.2 Å². The Morgan fingerprint density at radius 2 is 2.20 bits per heavy atom. The fraction of sp³-hybridized carbons (Fsp3) is 0.500. The van der Waals surface area contributed by atoms with E-state index >= 15 is 0 Å². The van der Waals surface area contributed by atoms with Gasteiger partial charge in [-0.05, 0) is 20.5 Å². The van der Waals surface area contributed by atoms with Gasteiger partial charge in [0, 0.05) is 6.54 Å². The Balaban J connectivity index is 2.29. The zero-order valence-electron chi connectivity index (χ0n) is 8.97. The first kappa shape index (κ1) is 11.4. The van der Waals surface area contributed by atoms with E-state index in [-0.39, 0.29) is 0 Å². The highest BCUT2D eigenvalue weighted by molar-refractivity contribution is 5.18. The molecule has 0 aliphatic rings. The smallest absolute Gasteiger partial charge is 0.232 e. The molecule has 5 heteroatoms. The van der Waals surface area contributed by atoms with Gasteiger partial charge in [0.15, 0.2) is 5.69 Å². The minimum absolute atomic E-state index is 0.302. The largest absolute Gasteiger partial charge is 0.477 e. The number of ether oxygens (including phenoxy) is 1. The lowest BCUT2D eigenvalue weighted by atomic mass is 10.4. The van der Waals surface area contributed by atoms with E-state index in [2.05, 4.69) is 14.9 Å². The Labute approximate surface area is 89.3 Å². The monoisotopic (exact) mass is 206 g/mol. The van der Waals surface area contributed by atoms with Crippen LogP contribution in [0, 0.1) is 11.3 Å². The summed E-state index contributed by atoms with van der Waals surface area (Å²) in [6.07, 6.45) is 3.81. The number of hydrogen-bond donors (Lipinski definition) is 0. The van der Waals surface area contributed by atoms with Crippen LogP contribution in [0.4, 0.5) is 0 Å². The van der Waals surface area contributed by atoms with E-state index in [0.29, 0.717) is 18.2 Å². The minimum atomic E-state index is 0.302. The molecule has 0 spiro atoms. The van der Waals surface area contributed by atoms with Crippen LogP contribution < -0.4 is 4.74 Å². The van der Waals surface area contributed by atoms with Crippen LogP contribution in [-0.4, -0.2) is 42.1 Å². The lowest BCUT2D eigenvalue weighted by Gasteiger charge is -2.09. The van der Waals surface area contributed by atoms with E-state index < -0.39 is 0 Å². The van der Waals surface area contributed by atoms with E-state index in [9.17, 15) is 0 Å². The molecule has 0 aliphatic heterocycles. The molecule has 0 radical (unpaired) electrons. The third-order valence-corrected chi connectivity index (χ3v) is 1.74. The Hall–Kier alpha value is -1.67. The van der Waals surface area contributed by atoms with Gasteiger partial charge in [-0.15, -0.1) is 0 Å². The first-order chi connectivity index (χ1) is 7.22. The van der Waals surface area contributed by atoms with Gasteiger partial charge in [-0.25, -0.2) is 9.97 Å². The van der Waals surface area contributed by atoms with Crippen LogP contribution in [0.3, 0.4) is 0 Å². The summed E-state index contributed by atoms with van der Waals surface area (Å²) in [7, 11) is 4.03. The molecule has 15 heavy (non-hydrogen) atoms. The van der Waals surface area contributed by atoms with Crippen LogP contribution in [0.5, 0.6) is 5.88 Å². The van der Waals surface area contributed by atoms with E-state index in [4.69, 9.17) is 10.00 Å². The van der Waals surface area contributed by atoms with Crippen molar-refractivity contribution in [3.05, 3.63) is 18.1 Å². The van der Waals surface area contributed by atoms with Gasteiger partial charge in [0.2, 0.25) is 5.88 Å². The molecule has 1 aromatic heterocycles. The zero-order valence-corrected chi connectivity index (χ0v) is 8.97. The predicted molar refractivity (Wildman–Crippen MR) is 55.4 cm³/mol. The highest BCUT2D eigenvalue weighted by Gasteiger charge is 1.97. The summed E-state index contributed by atoms with van der Waals surface area (Å²) < 4.78 is 5.35. The van der Waals surface area contributed by atoms with Crippen molar-refractivity contribution in [1.29, 1.82) is 5.26 Å². The van der Waals surface area contributed by atoms with Crippen molar-refractivity contribution in [2.24, 2.45) is 0 Å². The van der Waals surface area contributed by atoms with Gasteiger partial charge < -0.3 is 9.64 Å². The van der Waals surface area contributed by atoms with Crippen LogP contribution in [0.1, 0.15) is 12.1 Å². The minimum Gasteiger partial charge on any atom is -0.477 e. The molecular formula is C10H14N4O. The molecule has 0 atom stereocenters. The summed E-state index contributed by atoms with van der Waals surface area (Å²) in [6, 6.07) is 1.90. The van der Waals surface area contributed by atoms with Crippen LogP contribution in [-0.2, 0) is 0 Å². The van der Waals surface area contributed by atoms with Gasteiger partial charge in [0.1, 0.15) is 6.07 Å². The number of aromatic nitrogens is 2. The van der Waals surface area contributed by atoms with Crippen molar-refractivity contribution in [3.8, 4) is 11.9 Å². The van der Waals surface area contributed by atoms with Crippen molar-refractivity contribution < 1.29 is 4.74 Å². The molecule has 0 saturated carbocycles. The molecule has 1 rings (SSSR count).